The number of ketones is 1. The molecule has 5 heteroatoms. The average Bonchev–Trinajstić information content (AvgIpc) is 2.52. The molecular formula is C18H18F3NO. The molecule has 1 N–H and O–H groups in total. The normalized spacial score (nSPS) is 12.9. The van der Waals surface area contributed by atoms with Crippen molar-refractivity contribution in [3.8, 4) is 11.1 Å². The molecule has 0 aliphatic carbocycles. The molecular weight excluding hydrogens is 303 g/mol. The number of carbonyl (C=O) groups excluding carboxylic acids is 1. The Balaban J connectivity index is 2.29. The summed E-state index contributed by atoms with van der Waals surface area (Å²) in [5.41, 5.74) is 0.908. The lowest BCUT2D eigenvalue weighted by Gasteiger charge is -2.15. The quantitative estimate of drug-likeness (QED) is 0.898. The Morgan fingerprint density at radius 3 is 2.22 bits per heavy atom. The van der Waals surface area contributed by atoms with Crippen molar-refractivity contribution in [3.63, 3.8) is 0 Å². The van der Waals surface area contributed by atoms with Gasteiger partial charge in [0.2, 0.25) is 0 Å². The second kappa shape index (κ2) is 6.96. The highest BCUT2D eigenvalue weighted by Crippen LogP contribution is 2.36. The van der Waals surface area contributed by atoms with Gasteiger partial charge >= 0.3 is 6.18 Å². The molecule has 2 aromatic carbocycles. The summed E-state index contributed by atoms with van der Waals surface area (Å²) in [6.07, 6.45) is -3.88. The zero-order valence-electron chi connectivity index (χ0n) is 12.9. The Morgan fingerprint density at radius 1 is 1.09 bits per heavy atom. The molecule has 0 fully saturated rings. The molecule has 122 valence electrons. The standard InChI is InChI=1S/C18H18F3NO/c1-12(23)17(22-2)11-13-7-9-14(10-8-13)15-5-3-4-6-16(15)18(19,20)21/h3-10,17,22H,11H2,1-2H3. The molecule has 23 heavy (non-hydrogen) atoms. The number of likely N-dealkylation sites (N-methyl/N-ethyl adjacent to an activating group) is 1. The van der Waals surface area contributed by atoms with Crippen molar-refractivity contribution in [2.45, 2.75) is 25.6 Å². The maximum absolute atomic E-state index is 13.1. The number of carbonyl (C=O) groups is 1. The largest absolute Gasteiger partial charge is 0.417 e. The van der Waals surface area contributed by atoms with Crippen LogP contribution in [0.4, 0.5) is 13.2 Å². The number of hydrogen-bond acceptors (Lipinski definition) is 2. The summed E-state index contributed by atoms with van der Waals surface area (Å²) in [5, 5.41) is 2.93. The Hall–Kier alpha value is -2.14. The van der Waals surface area contributed by atoms with Gasteiger partial charge in [0.25, 0.3) is 0 Å². The minimum atomic E-state index is -4.39. The fraction of sp³-hybridized carbons (Fsp3) is 0.278. The van der Waals surface area contributed by atoms with Gasteiger partial charge in [-0.15, -0.1) is 0 Å². The Morgan fingerprint density at radius 2 is 1.70 bits per heavy atom. The summed E-state index contributed by atoms with van der Waals surface area (Å²) in [6.45, 7) is 1.51. The molecule has 0 radical (unpaired) electrons. The summed E-state index contributed by atoms with van der Waals surface area (Å²) < 4.78 is 39.2. The highest BCUT2D eigenvalue weighted by molar-refractivity contribution is 5.81. The Kier molecular flexibility index (Phi) is 5.21. The molecule has 0 aliphatic heterocycles. The van der Waals surface area contributed by atoms with E-state index in [-0.39, 0.29) is 17.4 Å². The van der Waals surface area contributed by atoms with Crippen LogP contribution in [0.3, 0.4) is 0 Å². The number of Topliss-reactive ketones (excluding diaryl/α,β-unsaturated/α-hetero) is 1. The van der Waals surface area contributed by atoms with Crippen molar-refractivity contribution < 1.29 is 18.0 Å². The maximum Gasteiger partial charge on any atom is 0.417 e. The van der Waals surface area contributed by atoms with Crippen molar-refractivity contribution in [2.24, 2.45) is 0 Å². The summed E-state index contributed by atoms with van der Waals surface area (Å²) in [7, 11) is 1.71. The van der Waals surface area contributed by atoms with E-state index in [1.54, 1.807) is 37.4 Å². The van der Waals surface area contributed by atoms with Gasteiger partial charge in [0.1, 0.15) is 5.78 Å². The molecule has 0 saturated carbocycles. The van der Waals surface area contributed by atoms with Gasteiger partial charge in [-0.25, -0.2) is 0 Å². The van der Waals surface area contributed by atoms with Crippen LogP contribution in [0, 0.1) is 0 Å². The van der Waals surface area contributed by atoms with Crippen LogP contribution in [0.15, 0.2) is 48.5 Å². The molecule has 1 unspecified atom stereocenters. The topological polar surface area (TPSA) is 29.1 Å². The van der Waals surface area contributed by atoms with E-state index in [2.05, 4.69) is 5.32 Å². The lowest BCUT2D eigenvalue weighted by atomic mass is 9.96. The van der Waals surface area contributed by atoms with Crippen molar-refractivity contribution in [1.29, 1.82) is 0 Å². The van der Waals surface area contributed by atoms with Crippen LogP contribution in [0.5, 0.6) is 0 Å². The highest BCUT2D eigenvalue weighted by atomic mass is 19.4. The Bertz CT molecular complexity index is 677. The van der Waals surface area contributed by atoms with E-state index in [4.69, 9.17) is 0 Å². The first kappa shape index (κ1) is 17.2. The third kappa shape index (κ3) is 4.20. The van der Waals surface area contributed by atoms with Gasteiger partial charge in [-0.2, -0.15) is 13.2 Å². The maximum atomic E-state index is 13.1. The van der Waals surface area contributed by atoms with E-state index in [1.165, 1.54) is 19.1 Å². The van der Waals surface area contributed by atoms with E-state index < -0.39 is 11.7 Å². The number of alkyl halides is 3. The van der Waals surface area contributed by atoms with Crippen molar-refractivity contribution in [1.82, 2.24) is 5.32 Å². The highest BCUT2D eigenvalue weighted by Gasteiger charge is 2.33. The summed E-state index contributed by atoms with van der Waals surface area (Å²) in [5.74, 6) is 0.0268. The molecule has 2 rings (SSSR count). The summed E-state index contributed by atoms with van der Waals surface area (Å²) in [4.78, 5) is 11.4. The van der Waals surface area contributed by atoms with E-state index in [0.717, 1.165) is 11.6 Å². The molecule has 0 spiro atoms. The van der Waals surface area contributed by atoms with Crippen LogP contribution in [0.25, 0.3) is 11.1 Å². The Labute approximate surface area is 133 Å². The van der Waals surface area contributed by atoms with Gasteiger partial charge in [-0.3, -0.25) is 4.79 Å². The van der Waals surface area contributed by atoms with Crippen LogP contribution in [-0.2, 0) is 17.4 Å². The van der Waals surface area contributed by atoms with Crippen LogP contribution >= 0.6 is 0 Å². The zero-order chi connectivity index (χ0) is 17.0. The third-order valence-corrected chi connectivity index (χ3v) is 3.78. The second-order valence-corrected chi connectivity index (χ2v) is 5.40. The minimum absolute atomic E-state index is 0.0268. The van der Waals surface area contributed by atoms with Crippen LogP contribution in [0.2, 0.25) is 0 Å². The smallest absolute Gasteiger partial charge is 0.310 e. The molecule has 1 atom stereocenters. The molecule has 0 saturated heterocycles. The van der Waals surface area contributed by atoms with Gasteiger partial charge in [0.15, 0.2) is 0 Å². The van der Waals surface area contributed by atoms with Gasteiger partial charge in [-0.05, 0) is 43.1 Å². The molecule has 0 aliphatic rings. The monoisotopic (exact) mass is 321 g/mol. The van der Waals surface area contributed by atoms with E-state index in [9.17, 15) is 18.0 Å². The lowest BCUT2D eigenvalue weighted by molar-refractivity contribution is -0.137. The lowest BCUT2D eigenvalue weighted by Crippen LogP contribution is -2.34. The summed E-state index contributed by atoms with van der Waals surface area (Å²) >= 11 is 0. The van der Waals surface area contributed by atoms with Gasteiger partial charge in [-0.1, -0.05) is 42.5 Å². The van der Waals surface area contributed by atoms with Crippen LogP contribution in [-0.4, -0.2) is 18.9 Å². The predicted octanol–water partition coefficient (Wildman–Crippen LogP) is 4.09. The SMILES string of the molecule is CNC(Cc1ccc(-c2ccccc2C(F)(F)F)cc1)C(C)=O. The van der Waals surface area contributed by atoms with Gasteiger partial charge in [0, 0.05) is 0 Å². The van der Waals surface area contributed by atoms with Gasteiger partial charge in [0.05, 0.1) is 11.6 Å². The predicted molar refractivity (Wildman–Crippen MR) is 84.1 cm³/mol. The van der Waals surface area contributed by atoms with E-state index in [1.807, 2.05) is 0 Å². The molecule has 0 aromatic heterocycles. The van der Waals surface area contributed by atoms with Crippen LogP contribution < -0.4 is 5.32 Å². The van der Waals surface area contributed by atoms with Crippen molar-refractivity contribution in [3.05, 3.63) is 59.7 Å². The summed E-state index contributed by atoms with van der Waals surface area (Å²) in [6, 6.07) is 12.1. The number of benzene rings is 2. The van der Waals surface area contributed by atoms with Crippen molar-refractivity contribution >= 4 is 5.78 Å². The fourth-order valence-corrected chi connectivity index (χ4v) is 2.49. The molecule has 2 nitrogen and oxygen atoms in total. The second-order valence-electron chi connectivity index (χ2n) is 5.40. The van der Waals surface area contributed by atoms with Gasteiger partial charge < -0.3 is 5.32 Å². The van der Waals surface area contributed by atoms with E-state index >= 15 is 0 Å². The fourth-order valence-electron chi connectivity index (χ4n) is 2.49. The number of rotatable bonds is 5. The molecule has 0 bridgehead atoms. The first-order valence-corrected chi connectivity index (χ1v) is 7.26. The minimum Gasteiger partial charge on any atom is -0.310 e. The first-order valence-electron chi connectivity index (χ1n) is 7.26. The molecule has 2 aromatic rings. The zero-order valence-corrected chi connectivity index (χ0v) is 12.9. The third-order valence-electron chi connectivity index (χ3n) is 3.78. The molecule has 0 amide bonds. The average molecular weight is 321 g/mol. The first-order chi connectivity index (χ1) is 10.8. The van der Waals surface area contributed by atoms with E-state index in [0.29, 0.717) is 12.0 Å². The number of hydrogen-bond donors (Lipinski definition) is 1. The molecule has 0 heterocycles. The number of nitrogens with one attached hydrogen (secondary N) is 1. The number of halogens is 3. The van der Waals surface area contributed by atoms with Crippen LogP contribution in [0.1, 0.15) is 18.1 Å². The van der Waals surface area contributed by atoms with Crippen molar-refractivity contribution in [2.75, 3.05) is 7.05 Å².